The zero-order valence-corrected chi connectivity index (χ0v) is 30.1. The van der Waals surface area contributed by atoms with E-state index in [4.69, 9.17) is 9.47 Å². The summed E-state index contributed by atoms with van der Waals surface area (Å²) in [6.07, 6.45) is -0.521. The number of nitrogens with zero attached hydrogens (tertiary/aromatic N) is 2. The fraction of sp³-hybridized carbons (Fsp3) is 0.571. The molecule has 1 aromatic carbocycles. The first-order valence-electron chi connectivity index (χ1n) is 16.7. The number of ether oxygens (including phenoxy) is 2. The molecule has 50 heavy (non-hydrogen) atoms. The first-order valence-corrected chi connectivity index (χ1v) is 18.2. The number of benzene rings is 1. The van der Waals surface area contributed by atoms with E-state index in [0.29, 0.717) is 29.2 Å². The number of sulfonamides is 1. The molecule has 3 fully saturated rings. The summed E-state index contributed by atoms with van der Waals surface area (Å²) >= 11 is 0. The first-order chi connectivity index (χ1) is 23.2. The van der Waals surface area contributed by atoms with Crippen molar-refractivity contribution in [2.75, 3.05) is 6.54 Å². The molecule has 2 heterocycles. The first kappa shape index (κ1) is 37.1. The molecule has 15 heteroatoms. The number of fused-ring (bicyclic) bond motifs is 1. The van der Waals surface area contributed by atoms with Crippen molar-refractivity contribution in [2.45, 2.75) is 114 Å². The highest BCUT2D eigenvalue weighted by atomic mass is 32.2. The van der Waals surface area contributed by atoms with Gasteiger partial charge in [-0.05, 0) is 63.6 Å². The number of aromatic hydroxyl groups is 1. The predicted molar refractivity (Wildman–Crippen MR) is 184 cm³/mol. The number of carbonyl (C=O) groups excluding carboxylic acids is 3. The van der Waals surface area contributed by atoms with Crippen molar-refractivity contribution in [3.63, 3.8) is 0 Å². The Hall–Kier alpha value is -4.17. The lowest BCUT2D eigenvalue weighted by Gasteiger charge is -2.33. The van der Waals surface area contributed by atoms with E-state index in [0.717, 1.165) is 0 Å². The molecule has 3 aliphatic rings. The van der Waals surface area contributed by atoms with Gasteiger partial charge in [-0.15, -0.1) is 5.73 Å². The Labute approximate surface area is 292 Å². The summed E-state index contributed by atoms with van der Waals surface area (Å²) < 4.78 is 39.4. The molecule has 1 aliphatic heterocycles. The molecule has 5 atom stereocenters. The highest BCUT2D eigenvalue weighted by molar-refractivity contribution is 7.90. The molecule has 5 rings (SSSR count). The molecular formula is C35H47N5O9S. The second kappa shape index (κ2) is 13.5. The van der Waals surface area contributed by atoms with Gasteiger partial charge in [-0.2, -0.15) is 4.72 Å². The number of aromatic nitrogens is 1. The van der Waals surface area contributed by atoms with Gasteiger partial charge in [-0.3, -0.25) is 9.59 Å². The van der Waals surface area contributed by atoms with Crippen LogP contribution in [0, 0.1) is 5.41 Å². The average Bonchev–Trinajstić information content (AvgIpc) is 3.92. The van der Waals surface area contributed by atoms with Crippen molar-refractivity contribution in [2.24, 2.45) is 5.41 Å². The molecule has 14 nitrogen and oxygen atoms in total. The van der Waals surface area contributed by atoms with E-state index in [1.54, 1.807) is 39.0 Å². The summed E-state index contributed by atoms with van der Waals surface area (Å²) in [6, 6.07) is 4.31. The van der Waals surface area contributed by atoms with Crippen molar-refractivity contribution in [1.29, 1.82) is 0 Å². The third-order valence-electron chi connectivity index (χ3n) is 8.81. The molecule has 272 valence electrons. The van der Waals surface area contributed by atoms with Gasteiger partial charge in [0.25, 0.3) is 0 Å². The lowest BCUT2D eigenvalue weighted by molar-refractivity contribution is -0.141. The SMILES string of the molecule is C=C=C1C[C@]1(NC(=O)[C@@H]1CC(Oc2nccc3c(O)cccc23)CN1C(=O)C(CC(C)(C)C)NC(=O)OC(C)(C)C)C(O)NS(=O)(=O)C1CC1. The third-order valence-corrected chi connectivity index (χ3v) is 10.7. The summed E-state index contributed by atoms with van der Waals surface area (Å²) in [4.78, 5) is 47.2. The molecule has 0 radical (unpaired) electrons. The van der Waals surface area contributed by atoms with E-state index in [1.807, 2.05) is 20.8 Å². The summed E-state index contributed by atoms with van der Waals surface area (Å²) in [5, 5.41) is 27.4. The Morgan fingerprint density at radius 1 is 1.14 bits per heavy atom. The maximum atomic E-state index is 14.4. The second-order valence-corrected chi connectivity index (χ2v) is 17.5. The number of rotatable bonds is 11. The van der Waals surface area contributed by atoms with Crippen molar-refractivity contribution in [3.8, 4) is 11.6 Å². The molecule has 1 saturated heterocycles. The molecule has 2 saturated carbocycles. The minimum atomic E-state index is -3.83. The van der Waals surface area contributed by atoms with Crippen LogP contribution >= 0.6 is 0 Å². The van der Waals surface area contributed by atoms with Crippen LogP contribution in [0.5, 0.6) is 11.6 Å². The Balaban J connectivity index is 1.45. The van der Waals surface area contributed by atoms with Gasteiger partial charge in [0.1, 0.15) is 41.3 Å². The van der Waals surface area contributed by atoms with Crippen LogP contribution in [0.15, 0.2) is 48.3 Å². The average molecular weight is 714 g/mol. The summed E-state index contributed by atoms with van der Waals surface area (Å²) in [5.74, 6) is -1.00. The Kier molecular flexibility index (Phi) is 10.0. The molecule has 2 aliphatic carbocycles. The summed E-state index contributed by atoms with van der Waals surface area (Å²) in [5.41, 5.74) is 0.313. The monoisotopic (exact) mass is 713 g/mol. The van der Waals surface area contributed by atoms with E-state index in [1.165, 1.54) is 17.2 Å². The van der Waals surface area contributed by atoms with Gasteiger partial charge >= 0.3 is 6.09 Å². The standard InChI is InChI=1S/C35H47N5O9S/c1-8-20-17-35(20,31(44)39-50(46,47)22-12-13-22)38-28(42)26-16-21(48-29-24-10-9-11-27(41)23(24)14-15-36-29)19-40(26)30(43)25(18-33(2,3)4)37-32(45)49-34(5,6)7/h9-11,14-15,21-22,25-26,31,39,41,44H,1,12-13,16-19H2,2-7H3,(H,37,45)(H,38,42)/t21?,25?,26-,31?,35+/m0/s1. The Morgan fingerprint density at radius 3 is 2.44 bits per heavy atom. The fourth-order valence-corrected chi connectivity index (χ4v) is 7.65. The number of carbonyl (C=O) groups is 3. The van der Waals surface area contributed by atoms with Gasteiger partial charge < -0.3 is 35.2 Å². The second-order valence-electron chi connectivity index (χ2n) is 15.5. The van der Waals surface area contributed by atoms with Gasteiger partial charge in [0, 0.05) is 35.4 Å². The van der Waals surface area contributed by atoms with E-state index in [-0.39, 0.29) is 37.4 Å². The topological polar surface area (TPSA) is 196 Å². The quantitative estimate of drug-likeness (QED) is 0.171. The van der Waals surface area contributed by atoms with Crippen molar-refractivity contribution in [1.82, 2.24) is 25.2 Å². The number of nitrogens with one attached hydrogen (secondary N) is 3. The number of amides is 3. The summed E-state index contributed by atoms with van der Waals surface area (Å²) in [6.45, 7) is 14.4. The normalized spacial score (nSPS) is 23.5. The fourth-order valence-electron chi connectivity index (χ4n) is 6.19. The van der Waals surface area contributed by atoms with Crippen LogP contribution in [-0.4, -0.2) is 93.8 Å². The molecule has 5 N–H and O–H groups in total. The maximum Gasteiger partial charge on any atom is 0.408 e. The largest absolute Gasteiger partial charge is 0.507 e. The van der Waals surface area contributed by atoms with Crippen LogP contribution < -0.4 is 20.1 Å². The number of hydrogen-bond acceptors (Lipinski definition) is 10. The van der Waals surface area contributed by atoms with Crippen LogP contribution in [-0.2, 0) is 24.3 Å². The van der Waals surface area contributed by atoms with Crippen LogP contribution in [0.2, 0.25) is 0 Å². The number of aliphatic hydroxyl groups excluding tert-OH is 1. The number of pyridine rings is 1. The number of phenols is 1. The van der Waals surface area contributed by atoms with E-state index in [2.05, 4.69) is 32.6 Å². The van der Waals surface area contributed by atoms with E-state index < -0.39 is 74.2 Å². The van der Waals surface area contributed by atoms with Crippen molar-refractivity contribution >= 4 is 38.7 Å². The molecule has 2 aromatic rings. The zero-order chi connectivity index (χ0) is 36.8. The lowest BCUT2D eigenvalue weighted by Crippen LogP contribution is -2.59. The van der Waals surface area contributed by atoms with Crippen LogP contribution in [0.4, 0.5) is 4.79 Å². The molecule has 3 unspecified atom stereocenters. The molecular weight excluding hydrogens is 666 g/mol. The van der Waals surface area contributed by atoms with Gasteiger partial charge in [0.15, 0.2) is 0 Å². The summed E-state index contributed by atoms with van der Waals surface area (Å²) in [7, 11) is -3.83. The van der Waals surface area contributed by atoms with Crippen LogP contribution in [0.1, 0.15) is 73.6 Å². The number of alkyl carbamates (subject to hydrolysis) is 1. The van der Waals surface area contributed by atoms with Crippen LogP contribution in [0.3, 0.4) is 0 Å². The number of hydrogen-bond donors (Lipinski definition) is 5. The maximum absolute atomic E-state index is 14.4. The van der Waals surface area contributed by atoms with Crippen molar-refractivity contribution in [3.05, 3.63) is 48.3 Å². The Bertz CT molecular complexity index is 1830. The number of likely N-dealkylation sites (tertiary alicyclic amines) is 1. The van der Waals surface area contributed by atoms with Gasteiger partial charge in [-0.1, -0.05) is 33.4 Å². The molecule has 3 amide bonds. The van der Waals surface area contributed by atoms with Gasteiger partial charge in [0.2, 0.25) is 27.7 Å². The molecule has 1 aromatic heterocycles. The minimum absolute atomic E-state index is 0.00372. The molecule has 0 bridgehead atoms. The smallest absolute Gasteiger partial charge is 0.408 e. The number of aliphatic hydroxyl groups is 1. The highest BCUT2D eigenvalue weighted by Gasteiger charge is 2.59. The zero-order valence-electron chi connectivity index (χ0n) is 29.3. The highest BCUT2D eigenvalue weighted by Crippen LogP contribution is 2.45. The van der Waals surface area contributed by atoms with Crippen LogP contribution in [0.25, 0.3) is 10.8 Å². The third kappa shape index (κ3) is 8.40. The van der Waals surface area contributed by atoms with Gasteiger partial charge in [-0.25, -0.2) is 18.2 Å². The van der Waals surface area contributed by atoms with Crippen molar-refractivity contribution < 1.29 is 42.5 Å². The van der Waals surface area contributed by atoms with E-state index in [9.17, 15) is 33.0 Å². The lowest BCUT2D eigenvalue weighted by atomic mass is 9.87. The van der Waals surface area contributed by atoms with Gasteiger partial charge in [0.05, 0.1) is 11.8 Å². The van der Waals surface area contributed by atoms with E-state index >= 15 is 0 Å². The number of phenolic OH excluding ortho intramolecular Hbond substituents is 1. The minimum Gasteiger partial charge on any atom is -0.507 e. The molecule has 0 spiro atoms. The predicted octanol–water partition coefficient (Wildman–Crippen LogP) is 2.99. The Morgan fingerprint density at radius 2 is 1.84 bits per heavy atom.